The number of nitrogens with one attached hydrogen (secondary N) is 2. The molecule has 0 saturated carbocycles. The number of pyridine rings is 2. The molecule has 0 unspecified atom stereocenters. The van der Waals surface area contributed by atoms with E-state index in [2.05, 4.69) is 10.6 Å². The molecule has 2 N–H and O–H groups in total. The number of hydrogen-bond acceptors (Lipinski definition) is 4. The minimum atomic E-state index is -0.109. The van der Waals surface area contributed by atoms with Crippen LogP contribution < -0.4 is 16.1 Å². The van der Waals surface area contributed by atoms with E-state index in [1.165, 1.54) is 0 Å². The molecule has 0 fully saturated rings. The number of rotatable bonds is 5. The van der Waals surface area contributed by atoms with Gasteiger partial charge in [0.25, 0.3) is 0 Å². The van der Waals surface area contributed by atoms with E-state index in [4.69, 9.17) is 4.98 Å². The van der Waals surface area contributed by atoms with Gasteiger partial charge in [0.2, 0.25) is 5.43 Å². The van der Waals surface area contributed by atoms with Gasteiger partial charge >= 0.3 is 0 Å². The van der Waals surface area contributed by atoms with Gasteiger partial charge in [0.1, 0.15) is 17.2 Å². The first kappa shape index (κ1) is 19.6. The van der Waals surface area contributed by atoms with Crippen molar-refractivity contribution in [2.45, 2.75) is 6.92 Å². The molecule has 0 aliphatic carbocycles. The Kier molecular flexibility index (Phi) is 5.14. The monoisotopic (exact) mass is 418 g/mol. The summed E-state index contributed by atoms with van der Waals surface area (Å²) in [6.45, 7) is 1.93. The van der Waals surface area contributed by atoms with E-state index in [0.29, 0.717) is 22.5 Å². The van der Waals surface area contributed by atoms with Gasteiger partial charge in [0.05, 0.1) is 5.39 Å². The summed E-state index contributed by atoms with van der Waals surface area (Å²) in [6, 6.07) is 33.2. The molecule has 5 aromatic rings. The van der Waals surface area contributed by atoms with Crippen molar-refractivity contribution < 1.29 is 0 Å². The largest absolute Gasteiger partial charge is 0.349 e. The lowest BCUT2D eigenvalue weighted by Crippen LogP contribution is -2.19. The zero-order valence-electron chi connectivity index (χ0n) is 17.6. The van der Waals surface area contributed by atoms with E-state index in [1.54, 1.807) is 0 Å². The summed E-state index contributed by atoms with van der Waals surface area (Å²) < 4.78 is 2.00. The van der Waals surface area contributed by atoms with Gasteiger partial charge in [-0.05, 0) is 55.5 Å². The third kappa shape index (κ3) is 3.72. The maximum Gasteiger partial charge on any atom is 0.216 e. The first-order valence-corrected chi connectivity index (χ1v) is 10.5. The predicted molar refractivity (Wildman–Crippen MR) is 132 cm³/mol. The van der Waals surface area contributed by atoms with Crippen molar-refractivity contribution in [3.63, 3.8) is 0 Å². The SMILES string of the molecule is Cc1ccc2c(=O)c(Nc3ccccc3)c(Nc3ccccc3)n(-c3ccccc3)c2n1. The number of hydrogen-bond donors (Lipinski definition) is 2. The fourth-order valence-electron chi connectivity index (χ4n) is 3.74. The molecule has 5 heteroatoms. The zero-order valence-corrected chi connectivity index (χ0v) is 17.6. The lowest BCUT2D eigenvalue weighted by Gasteiger charge is -2.22. The molecule has 32 heavy (non-hydrogen) atoms. The number of aromatic nitrogens is 2. The third-order valence-corrected chi connectivity index (χ3v) is 5.25. The molecule has 2 heterocycles. The normalized spacial score (nSPS) is 10.8. The summed E-state index contributed by atoms with van der Waals surface area (Å²) in [6.07, 6.45) is 0. The van der Waals surface area contributed by atoms with Crippen LogP contribution in [0.4, 0.5) is 22.9 Å². The highest BCUT2D eigenvalue weighted by atomic mass is 16.1. The van der Waals surface area contributed by atoms with Gasteiger partial charge < -0.3 is 10.6 Å². The summed E-state index contributed by atoms with van der Waals surface area (Å²) in [5.74, 6) is 0.627. The molecule has 5 rings (SSSR count). The summed E-state index contributed by atoms with van der Waals surface area (Å²) in [7, 11) is 0. The van der Waals surface area contributed by atoms with Crippen LogP contribution in [0, 0.1) is 6.92 Å². The Morgan fingerprint density at radius 2 is 1.25 bits per heavy atom. The first-order valence-electron chi connectivity index (χ1n) is 10.5. The van der Waals surface area contributed by atoms with Crippen molar-refractivity contribution in [1.29, 1.82) is 0 Å². The van der Waals surface area contributed by atoms with Crippen LogP contribution in [0.25, 0.3) is 16.7 Å². The van der Waals surface area contributed by atoms with Gasteiger partial charge in [-0.3, -0.25) is 9.36 Å². The van der Waals surface area contributed by atoms with Gasteiger partial charge in [-0.1, -0.05) is 54.6 Å². The number of aryl methyl sites for hydroxylation is 1. The van der Waals surface area contributed by atoms with Gasteiger partial charge in [0, 0.05) is 22.8 Å². The number of anilines is 4. The molecule has 0 aliphatic rings. The van der Waals surface area contributed by atoms with Crippen LogP contribution >= 0.6 is 0 Å². The van der Waals surface area contributed by atoms with Crippen LogP contribution in [0.1, 0.15) is 5.69 Å². The number of para-hydroxylation sites is 3. The Hall–Kier alpha value is -4.38. The van der Waals surface area contributed by atoms with Crippen LogP contribution in [-0.2, 0) is 0 Å². The van der Waals surface area contributed by atoms with E-state index in [9.17, 15) is 4.79 Å². The van der Waals surface area contributed by atoms with E-state index < -0.39 is 0 Å². The summed E-state index contributed by atoms with van der Waals surface area (Å²) >= 11 is 0. The van der Waals surface area contributed by atoms with E-state index in [1.807, 2.05) is 115 Å². The van der Waals surface area contributed by atoms with E-state index in [-0.39, 0.29) is 5.43 Å². The number of benzene rings is 3. The second kappa shape index (κ2) is 8.40. The van der Waals surface area contributed by atoms with Crippen LogP contribution in [0.3, 0.4) is 0 Å². The van der Waals surface area contributed by atoms with Gasteiger partial charge in [-0.2, -0.15) is 0 Å². The van der Waals surface area contributed by atoms with E-state index >= 15 is 0 Å². The smallest absolute Gasteiger partial charge is 0.216 e. The molecule has 0 atom stereocenters. The standard InChI is InChI=1S/C27H22N4O/c1-19-17-18-23-25(32)24(29-20-11-5-2-6-12-20)27(30-21-13-7-3-8-14-21)31(26(23)28-19)22-15-9-4-10-16-22/h2-18,29-30H,1H3. The summed E-state index contributed by atoms with van der Waals surface area (Å²) in [5, 5.41) is 7.38. The maximum atomic E-state index is 13.7. The molecule has 3 aromatic carbocycles. The molecular weight excluding hydrogens is 396 g/mol. The van der Waals surface area contributed by atoms with E-state index in [0.717, 1.165) is 22.8 Å². The van der Waals surface area contributed by atoms with Crippen LogP contribution in [-0.4, -0.2) is 9.55 Å². The molecule has 5 nitrogen and oxygen atoms in total. The zero-order chi connectivity index (χ0) is 21.9. The lowest BCUT2D eigenvalue weighted by molar-refractivity contribution is 1.05. The molecule has 0 saturated heterocycles. The van der Waals surface area contributed by atoms with Gasteiger partial charge in [-0.15, -0.1) is 0 Å². The van der Waals surface area contributed by atoms with Crippen LogP contribution in [0.5, 0.6) is 0 Å². The van der Waals surface area contributed by atoms with Crippen molar-refractivity contribution in [2.75, 3.05) is 10.6 Å². The quantitative estimate of drug-likeness (QED) is 0.358. The average molecular weight is 419 g/mol. The summed E-state index contributed by atoms with van der Waals surface area (Å²) in [4.78, 5) is 18.4. The van der Waals surface area contributed by atoms with Gasteiger partial charge in [0.15, 0.2) is 0 Å². The first-order chi connectivity index (χ1) is 15.7. The highest BCUT2D eigenvalue weighted by molar-refractivity contribution is 5.90. The van der Waals surface area contributed by atoms with Crippen molar-refractivity contribution in [2.24, 2.45) is 0 Å². The van der Waals surface area contributed by atoms with Crippen molar-refractivity contribution in [3.05, 3.63) is 119 Å². The van der Waals surface area contributed by atoms with Crippen LogP contribution in [0.15, 0.2) is 108 Å². The Labute approximate surface area is 186 Å². The molecule has 0 radical (unpaired) electrons. The Morgan fingerprint density at radius 3 is 1.88 bits per heavy atom. The predicted octanol–water partition coefficient (Wildman–Crippen LogP) is 6.18. The molecule has 156 valence electrons. The molecule has 0 amide bonds. The topological polar surface area (TPSA) is 59.0 Å². The third-order valence-electron chi connectivity index (χ3n) is 5.25. The Bertz CT molecular complexity index is 1430. The van der Waals surface area contributed by atoms with Crippen molar-refractivity contribution in [3.8, 4) is 5.69 Å². The lowest BCUT2D eigenvalue weighted by atomic mass is 10.2. The second-order valence-electron chi connectivity index (χ2n) is 7.53. The maximum absolute atomic E-state index is 13.7. The molecular formula is C27H22N4O. The Balaban J connectivity index is 1.86. The number of fused-ring (bicyclic) bond motifs is 1. The fourth-order valence-corrected chi connectivity index (χ4v) is 3.74. The minimum absolute atomic E-state index is 0.109. The summed E-state index contributed by atoms with van der Waals surface area (Å²) in [5.41, 5.74) is 4.42. The highest BCUT2D eigenvalue weighted by Crippen LogP contribution is 2.32. The van der Waals surface area contributed by atoms with Crippen molar-refractivity contribution >= 4 is 33.9 Å². The van der Waals surface area contributed by atoms with Crippen LogP contribution in [0.2, 0.25) is 0 Å². The minimum Gasteiger partial charge on any atom is -0.349 e. The van der Waals surface area contributed by atoms with Crippen molar-refractivity contribution in [1.82, 2.24) is 9.55 Å². The van der Waals surface area contributed by atoms with Gasteiger partial charge in [-0.25, -0.2) is 4.98 Å². The average Bonchev–Trinajstić information content (AvgIpc) is 2.83. The Morgan fingerprint density at radius 1 is 0.688 bits per heavy atom. The molecule has 0 aliphatic heterocycles. The number of nitrogens with zero attached hydrogens (tertiary/aromatic N) is 2. The molecule has 2 aromatic heterocycles. The molecule has 0 bridgehead atoms. The highest BCUT2D eigenvalue weighted by Gasteiger charge is 2.20. The molecule has 0 spiro atoms. The fraction of sp³-hybridized carbons (Fsp3) is 0.0370. The second-order valence-corrected chi connectivity index (χ2v) is 7.53.